The van der Waals surface area contributed by atoms with Gasteiger partial charge in [0.1, 0.15) is 17.7 Å². The van der Waals surface area contributed by atoms with Gasteiger partial charge in [-0.05, 0) is 44.6 Å². The minimum atomic E-state index is -2.89. The Hall–Kier alpha value is -4.10. The topological polar surface area (TPSA) is 147 Å². The highest BCUT2D eigenvalue weighted by Gasteiger charge is 2.28. The lowest BCUT2D eigenvalue weighted by Crippen LogP contribution is -2.47. The maximum atomic E-state index is 13.8. The van der Waals surface area contributed by atoms with E-state index in [1.54, 1.807) is 12.3 Å². The second-order valence-corrected chi connectivity index (χ2v) is 9.71. The average Bonchev–Trinajstić information content (AvgIpc) is 3.53. The van der Waals surface area contributed by atoms with Crippen LogP contribution in [0.4, 0.5) is 25.1 Å². The Bertz CT molecular complexity index is 1330. The van der Waals surface area contributed by atoms with E-state index < -0.39 is 24.1 Å². The van der Waals surface area contributed by atoms with Crippen LogP contribution < -0.4 is 15.5 Å². The summed E-state index contributed by atoms with van der Waals surface area (Å²) in [4.78, 5) is 41.8. The number of amides is 2. The highest BCUT2D eigenvalue weighted by atomic mass is 19.3. The van der Waals surface area contributed by atoms with E-state index in [0.29, 0.717) is 51.0 Å². The Balaban J connectivity index is 1.36. The van der Waals surface area contributed by atoms with Gasteiger partial charge >= 0.3 is 6.09 Å². The van der Waals surface area contributed by atoms with Gasteiger partial charge in [-0.2, -0.15) is 10.2 Å². The molecule has 1 atom stereocenters. The van der Waals surface area contributed by atoms with Crippen molar-refractivity contribution >= 4 is 35.4 Å². The van der Waals surface area contributed by atoms with Gasteiger partial charge in [0.2, 0.25) is 0 Å². The lowest BCUT2D eigenvalue weighted by molar-refractivity contribution is -0.112. The van der Waals surface area contributed by atoms with Crippen molar-refractivity contribution in [2.45, 2.75) is 57.0 Å². The molecular formula is C24H28F2N8O4. The highest BCUT2D eigenvalue weighted by Crippen LogP contribution is 2.34. The maximum Gasteiger partial charge on any atom is 0.404 e. The Morgan fingerprint density at radius 3 is 2.68 bits per heavy atom. The summed E-state index contributed by atoms with van der Waals surface area (Å²) in [6, 6.07) is 1.35. The fraction of sp³-hybridized carbons (Fsp3) is 0.500. The number of carboxylic acid groups (broad SMARTS) is 1. The van der Waals surface area contributed by atoms with Crippen molar-refractivity contribution in [2.75, 3.05) is 23.3 Å². The molecule has 2 aliphatic rings. The molecule has 1 aliphatic heterocycles. The van der Waals surface area contributed by atoms with Gasteiger partial charge in [0.25, 0.3) is 12.3 Å². The second kappa shape index (κ2) is 10.7. The second-order valence-electron chi connectivity index (χ2n) is 9.71. The Morgan fingerprint density at radius 2 is 1.97 bits per heavy atom. The number of hydrogen-bond acceptors (Lipinski definition) is 7. The zero-order valence-electron chi connectivity index (χ0n) is 20.5. The predicted molar refractivity (Wildman–Crippen MR) is 132 cm³/mol. The molecule has 0 bridgehead atoms. The van der Waals surface area contributed by atoms with Crippen LogP contribution in [0.25, 0.3) is 5.65 Å². The van der Waals surface area contributed by atoms with E-state index in [0.717, 1.165) is 12.7 Å². The van der Waals surface area contributed by atoms with Crippen molar-refractivity contribution in [1.29, 1.82) is 0 Å². The zero-order chi connectivity index (χ0) is 26.8. The SMILES string of the molecule is O=CC1CCC(n2cc(NC(=O)c3cnn4ccc(N5CCC[C@H](NC(=O)O)C5)nc34)c(C(F)F)n2)CC1. The molecule has 3 aromatic heterocycles. The molecule has 14 heteroatoms. The van der Waals surface area contributed by atoms with Gasteiger partial charge in [-0.1, -0.05) is 0 Å². The largest absolute Gasteiger partial charge is 0.465 e. The summed E-state index contributed by atoms with van der Waals surface area (Å²) < 4.78 is 30.5. The number of carbonyl (C=O) groups excluding carboxylic acids is 2. The summed E-state index contributed by atoms with van der Waals surface area (Å²) in [7, 11) is 0. The van der Waals surface area contributed by atoms with Crippen LogP contribution in [0.5, 0.6) is 0 Å². The van der Waals surface area contributed by atoms with Crippen molar-refractivity contribution in [3.63, 3.8) is 0 Å². The summed E-state index contributed by atoms with van der Waals surface area (Å²) in [6.07, 6.45) is 5.42. The first-order valence-corrected chi connectivity index (χ1v) is 12.5. The van der Waals surface area contributed by atoms with Crippen LogP contribution in [0.2, 0.25) is 0 Å². The van der Waals surface area contributed by atoms with Crippen molar-refractivity contribution in [2.24, 2.45) is 5.92 Å². The summed E-state index contributed by atoms with van der Waals surface area (Å²) >= 11 is 0. The summed E-state index contributed by atoms with van der Waals surface area (Å²) in [5.41, 5.74) is -0.266. The van der Waals surface area contributed by atoms with Crippen LogP contribution in [0.15, 0.2) is 24.7 Å². The Kier molecular flexibility index (Phi) is 7.20. The Morgan fingerprint density at radius 1 is 1.18 bits per heavy atom. The number of halogens is 2. The minimum Gasteiger partial charge on any atom is -0.465 e. The monoisotopic (exact) mass is 530 g/mol. The number of fused-ring (bicyclic) bond motifs is 1. The molecule has 0 spiro atoms. The molecule has 38 heavy (non-hydrogen) atoms. The number of aldehydes is 1. The van der Waals surface area contributed by atoms with E-state index in [1.807, 2.05) is 4.90 Å². The number of nitrogens with zero attached hydrogens (tertiary/aromatic N) is 6. The van der Waals surface area contributed by atoms with Crippen LogP contribution >= 0.6 is 0 Å². The number of nitrogens with one attached hydrogen (secondary N) is 2. The van der Waals surface area contributed by atoms with Crippen LogP contribution in [-0.4, -0.2) is 66.9 Å². The van der Waals surface area contributed by atoms with Crippen LogP contribution in [0.1, 0.15) is 67.0 Å². The lowest BCUT2D eigenvalue weighted by Gasteiger charge is -2.33. The molecule has 5 rings (SSSR count). The Labute approximate surface area is 216 Å². The third kappa shape index (κ3) is 5.29. The number of aromatic nitrogens is 5. The minimum absolute atomic E-state index is 0.0205. The van der Waals surface area contributed by atoms with E-state index in [9.17, 15) is 23.2 Å². The van der Waals surface area contributed by atoms with Gasteiger partial charge in [-0.25, -0.2) is 23.1 Å². The molecule has 3 N–H and O–H groups in total. The quantitative estimate of drug-likeness (QED) is 0.395. The fourth-order valence-electron chi connectivity index (χ4n) is 5.22. The fourth-order valence-corrected chi connectivity index (χ4v) is 5.22. The molecule has 1 saturated heterocycles. The highest BCUT2D eigenvalue weighted by molar-refractivity contribution is 6.08. The molecule has 0 unspecified atom stereocenters. The normalized spacial score (nSPS) is 22.0. The van der Waals surface area contributed by atoms with Crippen LogP contribution in [0, 0.1) is 5.92 Å². The molecule has 3 aromatic rings. The van der Waals surface area contributed by atoms with Gasteiger partial charge in [0.05, 0.1) is 17.9 Å². The zero-order valence-corrected chi connectivity index (χ0v) is 20.5. The molecule has 1 saturated carbocycles. The van der Waals surface area contributed by atoms with Crippen molar-refractivity contribution in [1.82, 2.24) is 29.7 Å². The number of alkyl halides is 2. The maximum absolute atomic E-state index is 13.8. The van der Waals surface area contributed by atoms with E-state index in [-0.39, 0.29) is 34.9 Å². The standard InChI is InChI=1S/C24H28F2N8O4/c25-21(26)20-18(12-34(31-20)16-5-3-14(13-35)4-6-16)29-23(36)17-10-27-33-9-7-19(30-22(17)33)32-8-1-2-15(11-32)28-24(37)38/h7,9-10,12-16,21,28H,1-6,8,11H2,(H,29,36)(H,37,38)/t14?,15-,16?/m0/s1. The lowest BCUT2D eigenvalue weighted by atomic mass is 9.87. The number of anilines is 2. The van der Waals surface area contributed by atoms with Crippen molar-refractivity contribution in [3.05, 3.63) is 35.9 Å². The van der Waals surface area contributed by atoms with E-state index >= 15 is 0 Å². The average molecular weight is 531 g/mol. The van der Waals surface area contributed by atoms with Gasteiger partial charge in [-0.15, -0.1) is 0 Å². The molecule has 4 heterocycles. The molecular weight excluding hydrogens is 502 g/mol. The molecule has 202 valence electrons. The van der Waals surface area contributed by atoms with Gasteiger partial charge in [0.15, 0.2) is 11.3 Å². The molecule has 1 aliphatic carbocycles. The third-order valence-electron chi connectivity index (χ3n) is 7.20. The van der Waals surface area contributed by atoms with Crippen molar-refractivity contribution < 1.29 is 28.3 Å². The number of piperidine rings is 1. The summed E-state index contributed by atoms with van der Waals surface area (Å²) in [5.74, 6) is -0.122. The van der Waals surface area contributed by atoms with Gasteiger partial charge < -0.3 is 25.4 Å². The summed E-state index contributed by atoms with van der Waals surface area (Å²) in [5, 5.41) is 22.3. The molecule has 2 fully saturated rings. The molecule has 2 amide bonds. The summed E-state index contributed by atoms with van der Waals surface area (Å²) in [6.45, 7) is 1.10. The van der Waals surface area contributed by atoms with Crippen molar-refractivity contribution in [3.8, 4) is 0 Å². The van der Waals surface area contributed by atoms with E-state index in [1.165, 1.54) is 21.6 Å². The first-order valence-electron chi connectivity index (χ1n) is 12.5. The number of rotatable bonds is 7. The third-order valence-corrected chi connectivity index (χ3v) is 7.20. The first-order chi connectivity index (χ1) is 18.3. The molecule has 0 radical (unpaired) electrons. The molecule has 12 nitrogen and oxygen atoms in total. The number of hydrogen-bond donors (Lipinski definition) is 3. The number of carbonyl (C=O) groups is 3. The van der Waals surface area contributed by atoms with Crippen LogP contribution in [0.3, 0.4) is 0 Å². The predicted octanol–water partition coefficient (Wildman–Crippen LogP) is 3.28. The first kappa shape index (κ1) is 25.5. The van der Waals surface area contributed by atoms with Crippen LogP contribution in [-0.2, 0) is 4.79 Å². The van der Waals surface area contributed by atoms with Gasteiger partial charge in [-0.3, -0.25) is 9.48 Å². The molecule has 0 aromatic carbocycles. The van der Waals surface area contributed by atoms with E-state index in [2.05, 4.69) is 25.8 Å². The van der Waals surface area contributed by atoms with Gasteiger partial charge in [0, 0.05) is 37.4 Å². The van der Waals surface area contributed by atoms with E-state index in [4.69, 9.17) is 5.11 Å². The smallest absolute Gasteiger partial charge is 0.404 e.